The van der Waals surface area contributed by atoms with Gasteiger partial charge in [-0.15, -0.1) is 0 Å². The van der Waals surface area contributed by atoms with E-state index in [9.17, 15) is 15.0 Å². The summed E-state index contributed by atoms with van der Waals surface area (Å²) in [5, 5.41) is 21.1. The van der Waals surface area contributed by atoms with Crippen molar-refractivity contribution in [1.82, 2.24) is 4.90 Å². The molecule has 0 radical (unpaired) electrons. The van der Waals surface area contributed by atoms with Crippen molar-refractivity contribution < 1.29 is 24.5 Å². The second-order valence-electron chi connectivity index (χ2n) is 8.49. The third kappa shape index (κ3) is 3.71. The molecule has 1 amide bonds. The van der Waals surface area contributed by atoms with E-state index < -0.39 is 17.3 Å². The number of benzene rings is 2. The van der Waals surface area contributed by atoms with E-state index in [1.807, 2.05) is 48.5 Å². The van der Waals surface area contributed by atoms with E-state index in [0.29, 0.717) is 44.5 Å². The van der Waals surface area contributed by atoms with Gasteiger partial charge in [-0.3, -0.25) is 4.79 Å². The molecule has 0 aliphatic carbocycles. The number of aliphatic hydroxyl groups is 2. The number of likely N-dealkylation sites (tertiary alicyclic amines) is 1. The quantitative estimate of drug-likeness (QED) is 0.812. The molecule has 2 aromatic rings. The zero-order valence-corrected chi connectivity index (χ0v) is 17.5. The maximum atomic E-state index is 13.0. The molecule has 30 heavy (non-hydrogen) atoms. The number of hydrogen-bond acceptors (Lipinski definition) is 5. The molecular weight excluding hydrogens is 382 g/mol. The molecule has 0 saturated carbocycles. The number of ether oxygens (including phenoxy) is 2. The van der Waals surface area contributed by atoms with E-state index in [2.05, 4.69) is 0 Å². The van der Waals surface area contributed by atoms with Gasteiger partial charge in [0.25, 0.3) is 5.91 Å². The van der Waals surface area contributed by atoms with Crippen molar-refractivity contribution in [2.45, 2.75) is 43.5 Å². The molecule has 160 valence electrons. The Bertz CT molecular complexity index is 900. The predicted molar refractivity (Wildman–Crippen MR) is 113 cm³/mol. The molecule has 2 aliphatic heterocycles. The molecule has 0 aromatic heterocycles. The van der Waals surface area contributed by atoms with Crippen LogP contribution < -0.4 is 4.74 Å². The van der Waals surface area contributed by atoms with E-state index in [0.717, 1.165) is 16.9 Å². The number of nitrogens with zero attached hydrogens (tertiary/aromatic N) is 1. The minimum absolute atomic E-state index is 0.0338. The van der Waals surface area contributed by atoms with Crippen LogP contribution in [0.25, 0.3) is 11.1 Å². The zero-order valence-electron chi connectivity index (χ0n) is 17.5. The molecule has 1 spiro atoms. The highest BCUT2D eigenvalue weighted by Gasteiger charge is 2.52. The van der Waals surface area contributed by atoms with Crippen LogP contribution in [0, 0.1) is 0 Å². The van der Waals surface area contributed by atoms with Crippen LogP contribution in [0.5, 0.6) is 5.75 Å². The second-order valence-corrected chi connectivity index (χ2v) is 8.49. The van der Waals surface area contributed by atoms with Gasteiger partial charge in [-0.2, -0.15) is 0 Å². The fourth-order valence-corrected chi connectivity index (χ4v) is 4.61. The van der Waals surface area contributed by atoms with Crippen LogP contribution in [0.2, 0.25) is 0 Å². The van der Waals surface area contributed by atoms with Crippen LogP contribution in [0.1, 0.15) is 36.5 Å². The zero-order chi connectivity index (χ0) is 21.4. The van der Waals surface area contributed by atoms with Crippen LogP contribution in [0.3, 0.4) is 0 Å². The van der Waals surface area contributed by atoms with Crippen LogP contribution in [-0.4, -0.2) is 65.1 Å². The largest absolute Gasteiger partial charge is 0.496 e. The number of carbonyl (C=O) groups is 1. The van der Waals surface area contributed by atoms with Gasteiger partial charge >= 0.3 is 0 Å². The maximum absolute atomic E-state index is 13.0. The minimum atomic E-state index is -1.15. The SMILES string of the molecule is COc1ccccc1-c1ccc(C(=O)N2CCC3(CC2)OCC[C@@](C)(O)[C@@H]3O)cc1. The topological polar surface area (TPSA) is 79.2 Å². The van der Waals surface area contributed by atoms with Gasteiger partial charge in [-0.1, -0.05) is 30.3 Å². The normalized spacial score (nSPS) is 25.9. The molecule has 2 heterocycles. The number of para-hydroxylation sites is 1. The van der Waals surface area contributed by atoms with Gasteiger partial charge in [0.15, 0.2) is 0 Å². The van der Waals surface area contributed by atoms with Crippen molar-refractivity contribution in [3.8, 4) is 16.9 Å². The molecule has 6 heteroatoms. The monoisotopic (exact) mass is 411 g/mol. The lowest BCUT2D eigenvalue weighted by Crippen LogP contribution is -2.64. The van der Waals surface area contributed by atoms with Gasteiger partial charge in [0.1, 0.15) is 17.5 Å². The summed E-state index contributed by atoms with van der Waals surface area (Å²) in [4.78, 5) is 14.8. The number of methoxy groups -OCH3 is 1. The Labute approximate surface area is 177 Å². The highest BCUT2D eigenvalue weighted by atomic mass is 16.5. The summed E-state index contributed by atoms with van der Waals surface area (Å²) in [6.45, 7) is 3.05. The number of aliphatic hydroxyl groups excluding tert-OH is 1. The first-order valence-electron chi connectivity index (χ1n) is 10.4. The lowest BCUT2D eigenvalue weighted by Gasteiger charge is -2.51. The summed E-state index contributed by atoms with van der Waals surface area (Å²) in [6, 6.07) is 15.3. The molecule has 2 fully saturated rings. The Morgan fingerprint density at radius 2 is 1.77 bits per heavy atom. The number of hydrogen-bond donors (Lipinski definition) is 2. The smallest absolute Gasteiger partial charge is 0.253 e. The Kier molecular flexibility index (Phi) is 5.57. The first-order valence-corrected chi connectivity index (χ1v) is 10.4. The summed E-state index contributed by atoms with van der Waals surface area (Å²) in [7, 11) is 1.65. The van der Waals surface area contributed by atoms with Crippen LogP contribution in [0.4, 0.5) is 0 Å². The number of amides is 1. The molecule has 2 N–H and O–H groups in total. The van der Waals surface area contributed by atoms with Crippen molar-refractivity contribution in [1.29, 1.82) is 0 Å². The molecular formula is C24H29NO5. The highest BCUT2D eigenvalue weighted by molar-refractivity contribution is 5.95. The Balaban J connectivity index is 1.45. The van der Waals surface area contributed by atoms with Gasteiger partial charge < -0.3 is 24.6 Å². The lowest BCUT2D eigenvalue weighted by molar-refractivity contribution is -0.244. The third-order valence-electron chi connectivity index (χ3n) is 6.53. The number of carbonyl (C=O) groups excluding carboxylic acids is 1. The molecule has 2 atom stereocenters. The Morgan fingerprint density at radius 1 is 1.10 bits per heavy atom. The Morgan fingerprint density at radius 3 is 2.43 bits per heavy atom. The summed E-state index contributed by atoms with van der Waals surface area (Å²) in [5.41, 5.74) is 0.670. The molecule has 0 bridgehead atoms. The average Bonchev–Trinajstić information content (AvgIpc) is 2.77. The third-order valence-corrected chi connectivity index (χ3v) is 6.53. The molecule has 0 unspecified atom stereocenters. The van der Waals surface area contributed by atoms with Crippen molar-refractivity contribution in [3.63, 3.8) is 0 Å². The van der Waals surface area contributed by atoms with Crippen molar-refractivity contribution in [2.75, 3.05) is 26.8 Å². The molecule has 2 saturated heterocycles. The van der Waals surface area contributed by atoms with E-state index >= 15 is 0 Å². The second kappa shape index (κ2) is 8.02. The Hall–Kier alpha value is -2.41. The van der Waals surface area contributed by atoms with Crippen molar-refractivity contribution in [2.24, 2.45) is 0 Å². The van der Waals surface area contributed by atoms with Gasteiger partial charge in [0, 0.05) is 30.6 Å². The maximum Gasteiger partial charge on any atom is 0.253 e. The average molecular weight is 411 g/mol. The summed E-state index contributed by atoms with van der Waals surface area (Å²) < 4.78 is 11.3. The van der Waals surface area contributed by atoms with Crippen molar-refractivity contribution >= 4 is 5.91 Å². The van der Waals surface area contributed by atoms with E-state index in [1.54, 1.807) is 18.9 Å². The highest BCUT2D eigenvalue weighted by Crippen LogP contribution is 2.40. The van der Waals surface area contributed by atoms with Crippen LogP contribution in [0.15, 0.2) is 48.5 Å². The molecule has 2 aliphatic rings. The van der Waals surface area contributed by atoms with Crippen LogP contribution in [-0.2, 0) is 4.74 Å². The summed E-state index contributed by atoms with van der Waals surface area (Å²) >= 11 is 0. The first-order chi connectivity index (χ1) is 14.4. The minimum Gasteiger partial charge on any atom is -0.496 e. The van der Waals surface area contributed by atoms with Gasteiger partial charge in [-0.05, 0) is 43.5 Å². The van der Waals surface area contributed by atoms with Gasteiger partial charge in [-0.25, -0.2) is 0 Å². The number of rotatable bonds is 3. The van der Waals surface area contributed by atoms with Gasteiger partial charge in [0.2, 0.25) is 0 Å². The molecule has 4 rings (SSSR count). The van der Waals surface area contributed by atoms with Gasteiger partial charge in [0.05, 0.1) is 19.3 Å². The van der Waals surface area contributed by atoms with E-state index in [1.165, 1.54) is 0 Å². The van der Waals surface area contributed by atoms with Crippen LogP contribution >= 0.6 is 0 Å². The standard InChI is InChI=1S/C24H29NO5/c1-23(28)13-16-30-24(22(23)27)11-14-25(15-12-24)21(26)18-9-7-17(8-10-18)19-5-3-4-6-20(19)29-2/h3-10,22,27-28H,11-16H2,1-2H3/t22-,23+/m0/s1. The fraction of sp³-hybridized carbons (Fsp3) is 0.458. The summed E-state index contributed by atoms with van der Waals surface area (Å²) in [6.07, 6.45) is 0.484. The lowest BCUT2D eigenvalue weighted by atomic mass is 9.75. The van der Waals surface area contributed by atoms with E-state index in [-0.39, 0.29) is 5.91 Å². The summed E-state index contributed by atoms with van der Waals surface area (Å²) in [5.74, 6) is 0.758. The van der Waals surface area contributed by atoms with E-state index in [4.69, 9.17) is 9.47 Å². The number of piperidine rings is 1. The predicted octanol–water partition coefficient (Wildman–Crippen LogP) is 2.87. The first kappa shape index (κ1) is 20.8. The molecule has 6 nitrogen and oxygen atoms in total. The fourth-order valence-electron chi connectivity index (χ4n) is 4.61. The van der Waals surface area contributed by atoms with Crippen molar-refractivity contribution in [3.05, 3.63) is 54.1 Å². The molecule has 2 aromatic carbocycles.